The second kappa shape index (κ2) is 6.68. The van der Waals surface area contributed by atoms with Gasteiger partial charge in [0.05, 0.1) is 12.7 Å². The van der Waals surface area contributed by atoms with Crippen molar-refractivity contribution >= 4 is 0 Å². The Balaban J connectivity index is 2.40. The van der Waals surface area contributed by atoms with Crippen LogP contribution in [0.1, 0.15) is 36.7 Å². The molecule has 112 valence electrons. The Labute approximate surface area is 126 Å². The zero-order valence-electron chi connectivity index (χ0n) is 13.4. The summed E-state index contributed by atoms with van der Waals surface area (Å²) < 4.78 is 5.44. The average Bonchev–Trinajstić information content (AvgIpc) is 2.47. The molecule has 1 aromatic carbocycles. The van der Waals surface area contributed by atoms with Gasteiger partial charge >= 0.3 is 0 Å². The minimum Gasteiger partial charge on any atom is -0.496 e. The molecule has 0 bridgehead atoms. The number of hydrogen-bond acceptors (Lipinski definition) is 4. The van der Waals surface area contributed by atoms with E-state index in [1.165, 1.54) is 0 Å². The highest BCUT2D eigenvalue weighted by Crippen LogP contribution is 2.29. The van der Waals surface area contributed by atoms with Crippen molar-refractivity contribution in [3.8, 4) is 17.1 Å². The van der Waals surface area contributed by atoms with Crippen molar-refractivity contribution in [3.63, 3.8) is 0 Å². The smallest absolute Gasteiger partial charge is 0.163 e. The maximum atomic E-state index is 5.44. The highest BCUT2D eigenvalue weighted by atomic mass is 16.5. The maximum Gasteiger partial charge on any atom is 0.163 e. The molecule has 0 radical (unpaired) electrons. The summed E-state index contributed by atoms with van der Waals surface area (Å²) in [5.74, 6) is 1.51. The van der Waals surface area contributed by atoms with Gasteiger partial charge in [0.25, 0.3) is 0 Å². The van der Waals surface area contributed by atoms with E-state index >= 15 is 0 Å². The third kappa shape index (κ3) is 3.39. The molecule has 0 aliphatic heterocycles. The SMILES string of the molecule is CCNC(C)c1cnc(-c2ccc(C)cc2OC)nc1C. The van der Waals surface area contributed by atoms with E-state index in [9.17, 15) is 0 Å². The van der Waals surface area contributed by atoms with E-state index < -0.39 is 0 Å². The fourth-order valence-corrected chi connectivity index (χ4v) is 2.43. The normalized spacial score (nSPS) is 12.2. The van der Waals surface area contributed by atoms with Crippen LogP contribution in [0, 0.1) is 13.8 Å². The van der Waals surface area contributed by atoms with E-state index in [4.69, 9.17) is 4.74 Å². The zero-order chi connectivity index (χ0) is 15.4. The lowest BCUT2D eigenvalue weighted by Crippen LogP contribution is -2.19. The second-order valence-corrected chi connectivity index (χ2v) is 5.22. The summed E-state index contributed by atoms with van der Waals surface area (Å²) in [6.07, 6.45) is 1.91. The lowest BCUT2D eigenvalue weighted by atomic mass is 10.1. The molecule has 1 N–H and O–H groups in total. The van der Waals surface area contributed by atoms with Gasteiger partial charge in [0.15, 0.2) is 5.82 Å². The zero-order valence-corrected chi connectivity index (χ0v) is 13.4. The molecule has 0 saturated heterocycles. The van der Waals surface area contributed by atoms with E-state index in [0.29, 0.717) is 5.82 Å². The van der Waals surface area contributed by atoms with Gasteiger partial charge in [0.1, 0.15) is 5.75 Å². The summed E-state index contributed by atoms with van der Waals surface area (Å²) >= 11 is 0. The van der Waals surface area contributed by atoms with Gasteiger partial charge in [0, 0.05) is 23.5 Å². The molecule has 0 aliphatic rings. The molecule has 1 unspecified atom stereocenters. The Morgan fingerprint density at radius 3 is 2.67 bits per heavy atom. The van der Waals surface area contributed by atoms with Crippen LogP contribution in [0.25, 0.3) is 11.4 Å². The summed E-state index contributed by atoms with van der Waals surface area (Å²) in [5.41, 5.74) is 4.21. The van der Waals surface area contributed by atoms with Gasteiger partial charge in [-0.25, -0.2) is 9.97 Å². The molecule has 1 aromatic heterocycles. The summed E-state index contributed by atoms with van der Waals surface area (Å²) in [4.78, 5) is 9.17. The van der Waals surface area contributed by atoms with Gasteiger partial charge in [-0.1, -0.05) is 13.0 Å². The molecule has 0 spiro atoms. The highest BCUT2D eigenvalue weighted by Gasteiger charge is 2.13. The first-order chi connectivity index (χ1) is 10.1. The van der Waals surface area contributed by atoms with Crippen LogP contribution in [0.4, 0.5) is 0 Å². The van der Waals surface area contributed by atoms with Gasteiger partial charge in [-0.3, -0.25) is 0 Å². The molecule has 4 nitrogen and oxygen atoms in total. The molecule has 0 aliphatic carbocycles. The Hall–Kier alpha value is -1.94. The molecule has 0 amide bonds. The molecular weight excluding hydrogens is 262 g/mol. The molecule has 1 atom stereocenters. The number of aromatic nitrogens is 2. The largest absolute Gasteiger partial charge is 0.496 e. The quantitative estimate of drug-likeness (QED) is 0.914. The van der Waals surface area contributed by atoms with Crippen LogP contribution >= 0.6 is 0 Å². The number of benzene rings is 1. The third-order valence-electron chi connectivity index (χ3n) is 3.59. The van der Waals surface area contributed by atoms with Gasteiger partial charge in [-0.2, -0.15) is 0 Å². The van der Waals surface area contributed by atoms with Gasteiger partial charge < -0.3 is 10.1 Å². The van der Waals surface area contributed by atoms with Crippen molar-refractivity contribution in [1.82, 2.24) is 15.3 Å². The van der Waals surface area contributed by atoms with Gasteiger partial charge in [-0.15, -0.1) is 0 Å². The van der Waals surface area contributed by atoms with E-state index in [2.05, 4.69) is 29.1 Å². The summed E-state index contributed by atoms with van der Waals surface area (Å²) in [6, 6.07) is 6.31. The van der Waals surface area contributed by atoms with Crippen molar-refractivity contribution in [3.05, 3.63) is 41.2 Å². The third-order valence-corrected chi connectivity index (χ3v) is 3.59. The second-order valence-electron chi connectivity index (χ2n) is 5.22. The fourth-order valence-electron chi connectivity index (χ4n) is 2.43. The Bertz CT molecular complexity index is 625. The molecule has 2 rings (SSSR count). The molecular formula is C17H23N3O. The van der Waals surface area contributed by atoms with E-state index in [1.807, 2.05) is 38.2 Å². The van der Waals surface area contributed by atoms with Crippen LogP contribution in [-0.4, -0.2) is 23.6 Å². The molecule has 4 heteroatoms. The standard InChI is InChI=1S/C17H23N3O/c1-6-18-12(3)15-10-19-17(20-13(15)4)14-8-7-11(2)9-16(14)21-5/h7-10,12,18H,6H2,1-5H3. The molecule has 21 heavy (non-hydrogen) atoms. The van der Waals surface area contributed by atoms with Crippen LogP contribution in [-0.2, 0) is 0 Å². The van der Waals surface area contributed by atoms with E-state index in [1.54, 1.807) is 7.11 Å². The number of aryl methyl sites for hydroxylation is 2. The Kier molecular flexibility index (Phi) is 4.91. The molecule has 0 saturated carbocycles. The fraction of sp³-hybridized carbons (Fsp3) is 0.412. The van der Waals surface area contributed by atoms with Gasteiger partial charge in [0.2, 0.25) is 0 Å². The predicted octanol–water partition coefficient (Wildman–Crippen LogP) is 3.44. The number of nitrogens with one attached hydrogen (secondary N) is 1. The minimum absolute atomic E-state index is 0.254. The van der Waals surface area contributed by atoms with Crippen molar-refractivity contribution in [2.45, 2.75) is 33.7 Å². The van der Waals surface area contributed by atoms with E-state index in [0.717, 1.165) is 34.7 Å². The van der Waals surface area contributed by atoms with Crippen molar-refractivity contribution in [2.75, 3.05) is 13.7 Å². The lowest BCUT2D eigenvalue weighted by Gasteiger charge is -2.15. The topological polar surface area (TPSA) is 47.0 Å². The summed E-state index contributed by atoms with van der Waals surface area (Å²) in [5, 5.41) is 3.39. The Morgan fingerprint density at radius 1 is 1.29 bits per heavy atom. The van der Waals surface area contributed by atoms with Crippen molar-refractivity contribution < 1.29 is 4.74 Å². The first-order valence-corrected chi connectivity index (χ1v) is 7.28. The summed E-state index contributed by atoms with van der Waals surface area (Å²) in [6.45, 7) is 9.21. The highest BCUT2D eigenvalue weighted by molar-refractivity contribution is 5.65. The number of nitrogens with zero attached hydrogens (tertiary/aromatic N) is 2. The first-order valence-electron chi connectivity index (χ1n) is 7.28. The predicted molar refractivity (Wildman–Crippen MR) is 85.6 cm³/mol. The van der Waals surface area contributed by atoms with Crippen LogP contribution in [0.3, 0.4) is 0 Å². The monoisotopic (exact) mass is 285 g/mol. The Morgan fingerprint density at radius 2 is 2.05 bits per heavy atom. The van der Waals surface area contributed by atoms with Gasteiger partial charge in [-0.05, 0) is 45.0 Å². The number of rotatable bonds is 5. The van der Waals surface area contributed by atoms with Crippen molar-refractivity contribution in [2.24, 2.45) is 0 Å². The number of methoxy groups -OCH3 is 1. The van der Waals surface area contributed by atoms with E-state index in [-0.39, 0.29) is 6.04 Å². The van der Waals surface area contributed by atoms with Crippen LogP contribution in [0.15, 0.2) is 24.4 Å². The van der Waals surface area contributed by atoms with Crippen molar-refractivity contribution in [1.29, 1.82) is 0 Å². The van der Waals surface area contributed by atoms with Crippen LogP contribution in [0.2, 0.25) is 0 Å². The molecule has 2 aromatic rings. The average molecular weight is 285 g/mol. The van der Waals surface area contributed by atoms with Crippen LogP contribution in [0.5, 0.6) is 5.75 Å². The van der Waals surface area contributed by atoms with Crippen LogP contribution < -0.4 is 10.1 Å². The minimum atomic E-state index is 0.254. The maximum absolute atomic E-state index is 5.44. The number of ether oxygens (including phenoxy) is 1. The summed E-state index contributed by atoms with van der Waals surface area (Å²) in [7, 11) is 1.67. The molecule has 0 fully saturated rings. The number of hydrogen-bond donors (Lipinski definition) is 1. The molecule has 1 heterocycles. The lowest BCUT2D eigenvalue weighted by molar-refractivity contribution is 0.416. The first kappa shape index (κ1) is 15.4.